The highest BCUT2D eigenvalue weighted by molar-refractivity contribution is 14.1. The van der Waals surface area contributed by atoms with Gasteiger partial charge in [-0.15, -0.1) is 0 Å². The van der Waals surface area contributed by atoms with Crippen LogP contribution in [0.15, 0.2) is 42.5 Å². The summed E-state index contributed by atoms with van der Waals surface area (Å²) < 4.78 is 6.97. The number of ketones is 1. The Hall–Kier alpha value is -1.36. The standard InChI is InChI=1S/C17H15IO2/c1-17(2)10-13-9-12(5-8-15(13)20-17)16(19)11-3-6-14(18)7-4-11/h3-9H,10H2,1-2H3. The summed E-state index contributed by atoms with van der Waals surface area (Å²) in [7, 11) is 0. The van der Waals surface area contributed by atoms with Crippen LogP contribution < -0.4 is 4.74 Å². The van der Waals surface area contributed by atoms with Crippen LogP contribution in [-0.2, 0) is 6.42 Å². The van der Waals surface area contributed by atoms with E-state index in [1.54, 1.807) is 0 Å². The van der Waals surface area contributed by atoms with Crippen molar-refractivity contribution in [2.24, 2.45) is 0 Å². The third-order valence-corrected chi connectivity index (χ3v) is 4.15. The first-order valence-corrected chi connectivity index (χ1v) is 7.65. The molecule has 0 radical (unpaired) electrons. The molecule has 0 bridgehead atoms. The van der Waals surface area contributed by atoms with Crippen molar-refractivity contribution < 1.29 is 9.53 Å². The number of hydrogen-bond acceptors (Lipinski definition) is 2. The molecule has 0 saturated heterocycles. The van der Waals surface area contributed by atoms with Crippen molar-refractivity contribution >= 4 is 28.4 Å². The van der Waals surface area contributed by atoms with Crippen molar-refractivity contribution in [3.8, 4) is 5.75 Å². The molecule has 0 aromatic heterocycles. The molecule has 1 heterocycles. The SMILES string of the molecule is CC1(C)Cc2cc(C(=O)c3ccc(I)cc3)ccc2O1. The van der Waals surface area contributed by atoms with Gasteiger partial charge in [0.2, 0.25) is 0 Å². The Kier molecular flexibility index (Phi) is 3.32. The number of benzene rings is 2. The monoisotopic (exact) mass is 378 g/mol. The van der Waals surface area contributed by atoms with Gasteiger partial charge in [0, 0.05) is 21.1 Å². The maximum atomic E-state index is 12.5. The van der Waals surface area contributed by atoms with Gasteiger partial charge in [-0.25, -0.2) is 0 Å². The molecule has 0 atom stereocenters. The van der Waals surface area contributed by atoms with Crippen LogP contribution in [0.25, 0.3) is 0 Å². The van der Waals surface area contributed by atoms with E-state index >= 15 is 0 Å². The summed E-state index contributed by atoms with van der Waals surface area (Å²) in [6, 6.07) is 13.4. The Labute approximate surface area is 132 Å². The number of ether oxygens (including phenoxy) is 1. The van der Waals surface area contributed by atoms with Crippen LogP contribution in [-0.4, -0.2) is 11.4 Å². The second kappa shape index (κ2) is 4.88. The van der Waals surface area contributed by atoms with Crippen molar-refractivity contribution in [2.75, 3.05) is 0 Å². The Morgan fingerprint density at radius 2 is 1.75 bits per heavy atom. The molecule has 0 saturated carbocycles. The zero-order valence-corrected chi connectivity index (χ0v) is 13.6. The lowest BCUT2D eigenvalue weighted by Gasteiger charge is -2.16. The van der Waals surface area contributed by atoms with Gasteiger partial charge in [0.15, 0.2) is 5.78 Å². The van der Waals surface area contributed by atoms with Gasteiger partial charge in [0.25, 0.3) is 0 Å². The van der Waals surface area contributed by atoms with E-state index in [-0.39, 0.29) is 11.4 Å². The quantitative estimate of drug-likeness (QED) is 0.578. The van der Waals surface area contributed by atoms with E-state index in [1.165, 1.54) is 0 Å². The summed E-state index contributed by atoms with van der Waals surface area (Å²) in [5.74, 6) is 0.961. The second-order valence-electron chi connectivity index (χ2n) is 5.70. The van der Waals surface area contributed by atoms with E-state index in [9.17, 15) is 4.79 Å². The third-order valence-electron chi connectivity index (χ3n) is 3.43. The Balaban J connectivity index is 1.93. The van der Waals surface area contributed by atoms with Crippen molar-refractivity contribution in [1.82, 2.24) is 0 Å². The molecular weight excluding hydrogens is 363 g/mol. The first-order chi connectivity index (χ1) is 9.44. The highest BCUT2D eigenvalue weighted by atomic mass is 127. The lowest BCUT2D eigenvalue weighted by molar-refractivity contribution is 0.103. The van der Waals surface area contributed by atoms with Gasteiger partial charge >= 0.3 is 0 Å². The van der Waals surface area contributed by atoms with Crippen molar-refractivity contribution in [1.29, 1.82) is 0 Å². The Morgan fingerprint density at radius 3 is 2.45 bits per heavy atom. The molecule has 0 N–H and O–H groups in total. The number of carbonyl (C=O) groups is 1. The van der Waals surface area contributed by atoms with E-state index in [0.717, 1.165) is 32.4 Å². The van der Waals surface area contributed by atoms with E-state index in [0.29, 0.717) is 0 Å². The van der Waals surface area contributed by atoms with Gasteiger partial charge in [0.1, 0.15) is 11.4 Å². The summed E-state index contributed by atoms with van der Waals surface area (Å²) in [6.07, 6.45) is 0.843. The summed E-state index contributed by atoms with van der Waals surface area (Å²) in [5, 5.41) is 0. The van der Waals surface area contributed by atoms with Gasteiger partial charge in [0.05, 0.1) is 0 Å². The zero-order valence-electron chi connectivity index (χ0n) is 11.4. The predicted molar refractivity (Wildman–Crippen MR) is 87.4 cm³/mol. The largest absolute Gasteiger partial charge is 0.487 e. The smallest absolute Gasteiger partial charge is 0.193 e. The predicted octanol–water partition coefficient (Wildman–Crippen LogP) is 4.24. The molecule has 0 amide bonds. The Morgan fingerprint density at radius 1 is 1.10 bits per heavy atom. The average Bonchev–Trinajstić information content (AvgIpc) is 2.71. The number of rotatable bonds is 2. The zero-order chi connectivity index (χ0) is 14.3. The second-order valence-corrected chi connectivity index (χ2v) is 6.94. The number of fused-ring (bicyclic) bond motifs is 1. The molecular formula is C17H15IO2. The molecule has 102 valence electrons. The highest BCUT2D eigenvalue weighted by Crippen LogP contribution is 2.35. The molecule has 1 aliphatic rings. The summed E-state index contributed by atoms with van der Waals surface area (Å²) in [5.41, 5.74) is 2.40. The molecule has 20 heavy (non-hydrogen) atoms. The molecule has 2 nitrogen and oxygen atoms in total. The number of carbonyl (C=O) groups excluding carboxylic acids is 1. The van der Waals surface area contributed by atoms with Crippen molar-refractivity contribution in [3.63, 3.8) is 0 Å². The fraction of sp³-hybridized carbons (Fsp3) is 0.235. The van der Waals surface area contributed by atoms with Crippen LogP contribution in [0.3, 0.4) is 0 Å². The van der Waals surface area contributed by atoms with Gasteiger partial charge in [-0.3, -0.25) is 4.79 Å². The van der Waals surface area contributed by atoms with Crippen molar-refractivity contribution in [3.05, 3.63) is 62.7 Å². The third kappa shape index (κ3) is 2.59. The molecule has 2 aromatic rings. The lowest BCUT2D eigenvalue weighted by Crippen LogP contribution is -2.24. The van der Waals surface area contributed by atoms with Gasteiger partial charge < -0.3 is 4.74 Å². The minimum atomic E-state index is -0.174. The minimum Gasteiger partial charge on any atom is -0.487 e. The van der Waals surface area contributed by atoms with Crippen LogP contribution in [0.2, 0.25) is 0 Å². The maximum Gasteiger partial charge on any atom is 0.193 e. The maximum absolute atomic E-state index is 12.5. The molecule has 3 rings (SSSR count). The van der Waals surface area contributed by atoms with Crippen LogP contribution in [0.5, 0.6) is 5.75 Å². The van der Waals surface area contributed by atoms with Crippen molar-refractivity contribution in [2.45, 2.75) is 25.9 Å². The normalized spacial score (nSPS) is 15.6. The summed E-state index contributed by atoms with van der Waals surface area (Å²) in [4.78, 5) is 12.5. The number of hydrogen-bond donors (Lipinski definition) is 0. The molecule has 2 aromatic carbocycles. The molecule has 0 aliphatic carbocycles. The van der Waals surface area contributed by atoms with E-state index < -0.39 is 0 Å². The van der Waals surface area contributed by atoms with Gasteiger partial charge in [-0.05, 0) is 84.5 Å². The fourth-order valence-electron chi connectivity index (χ4n) is 2.52. The highest BCUT2D eigenvalue weighted by Gasteiger charge is 2.30. The molecule has 1 aliphatic heterocycles. The first-order valence-electron chi connectivity index (χ1n) is 6.57. The van der Waals surface area contributed by atoms with E-state index in [4.69, 9.17) is 4.74 Å². The van der Waals surface area contributed by atoms with Gasteiger partial charge in [-0.1, -0.05) is 0 Å². The lowest BCUT2D eigenvalue weighted by atomic mass is 9.97. The summed E-state index contributed by atoms with van der Waals surface area (Å²) in [6.45, 7) is 4.13. The topological polar surface area (TPSA) is 26.3 Å². The minimum absolute atomic E-state index is 0.0638. The molecule has 0 fully saturated rings. The average molecular weight is 378 g/mol. The molecule has 3 heteroatoms. The van der Waals surface area contributed by atoms with E-state index in [2.05, 4.69) is 36.4 Å². The van der Waals surface area contributed by atoms with Crippen LogP contribution >= 0.6 is 22.6 Å². The fourth-order valence-corrected chi connectivity index (χ4v) is 2.88. The van der Waals surface area contributed by atoms with Crippen LogP contribution in [0.4, 0.5) is 0 Å². The molecule has 0 spiro atoms. The Bertz CT molecular complexity index is 672. The molecule has 0 unspecified atom stereocenters. The first kappa shape index (κ1) is 13.6. The van der Waals surface area contributed by atoms with Gasteiger partial charge in [-0.2, -0.15) is 0 Å². The van der Waals surface area contributed by atoms with E-state index in [1.807, 2.05) is 42.5 Å². The summed E-state index contributed by atoms with van der Waals surface area (Å²) >= 11 is 2.23. The van der Waals surface area contributed by atoms with Crippen LogP contribution in [0, 0.1) is 3.57 Å². The number of halogens is 1. The van der Waals surface area contributed by atoms with Crippen LogP contribution in [0.1, 0.15) is 35.3 Å².